The molecule has 0 aliphatic rings. The molecule has 0 fully saturated rings. The number of hydrogen-bond acceptors (Lipinski definition) is 3. The monoisotopic (exact) mass is 434 g/mol. The number of nitrogens with one attached hydrogen (secondary N) is 2. The molecule has 2 N–H and O–H groups in total. The van der Waals surface area contributed by atoms with Gasteiger partial charge in [0.1, 0.15) is 4.88 Å². The molecule has 0 bridgehead atoms. The molecule has 0 spiro atoms. The van der Waals surface area contributed by atoms with Crippen LogP contribution in [-0.2, 0) is 0 Å². The lowest BCUT2D eigenvalue weighted by atomic mass is 10.1. The summed E-state index contributed by atoms with van der Waals surface area (Å²) in [6.07, 6.45) is 0. The summed E-state index contributed by atoms with van der Waals surface area (Å²) in [5.74, 6) is -0.501. The maximum Gasteiger partial charge on any atom is 0.267 e. The van der Waals surface area contributed by atoms with Crippen LogP contribution < -0.4 is 10.6 Å². The summed E-state index contributed by atoms with van der Waals surface area (Å²) in [6, 6.07) is 24.1. The Labute approximate surface area is 183 Å². The van der Waals surface area contributed by atoms with Gasteiger partial charge >= 0.3 is 0 Å². The molecule has 150 valence electrons. The van der Waals surface area contributed by atoms with Gasteiger partial charge in [-0.1, -0.05) is 66.2 Å². The average Bonchev–Trinajstić information content (AvgIpc) is 3.11. The van der Waals surface area contributed by atoms with E-state index in [0.717, 1.165) is 15.6 Å². The molecular weight excluding hydrogens is 416 g/mol. The molecule has 4 aromatic rings. The smallest absolute Gasteiger partial charge is 0.267 e. The van der Waals surface area contributed by atoms with Gasteiger partial charge in [-0.25, -0.2) is 0 Å². The quantitative estimate of drug-likeness (QED) is 0.387. The molecule has 0 radical (unpaired) electrons. The number of rotatable bonds is 5. The summed E-state index contributed by atoms with van der Waals surface area (Å²) in [5.41, 5.74) is 2.03. The van der Waals surface area contributed by atoms with Crippen LogP contribution in [0.3, 0.4) is 0 Å². The zero-order valence-corrected chi connectivity index (χ0v) is 17.8. The van der Waals surface area contributed by atoms with E-state index in [0.29, 0.717) is 21.2 Å². The van der Waals surface area contributed by atoms with Crippen LogP contribution in [-0.4, -0.2) is 11.8 Å². The van der Waals surface area contributed by atoms with E-state index >= 15 is 0 Å². The predicted molar refractivity (Wildman–Crippen MR) is 124 cm³/mol. The highest BCUT2D eigenvalue weighted by atomic mass is 35.5. The fourth-order valence-electron chi connectivity index (χ4n) is 3.19. The zero-order valence-electron chi connectivity index (χ0n) is 16.2. The van der Waals surface area contributed by atoms with Crippen molar-refractivity contribution in [3.8, 4) is 0 Å². The van der Waals surface area contributed by atoms with Gasteiger partial charge < -0.3 is 10.6 Å². The van der Waals surface area contributed by atoms with Crippen molar-refractivity contribution in [1.82, 2.24) is 5.32 Å². The van der Waals surface area contributed by atoms with Crippen LogP contribution >= 0.6 is 22.9 Å². The van der Waals surface area contributed by atoms with Crippen molar-refractivity contribution in [3.05, 3.63) is 99.9 Å². The summed E-state index contributed by atoms with van der Waals surface area (Å²) in [5, 5.41) is 7.13. The molecule has 2 amide bonds. The minimum absolute atomic E-state index is 0.130. The van der Waals surface area contributed by atoms with Gasteiger partial charge in [0.2, 0.25) is 0 Å². The van der Waals surface area contributed by atoms with E-state index in [1.807, 2.05) is 61.5 Å². The van der Waals surface area contributed by atoms with E-state index in [4.69, 9.17) is 11.6 Å². The number of amides is 2. The third kappa shape index (κ3) is 4.22. The highest BCUT2D eigenvalue weighted by Crippen LogP contribution is 2.35. The van der Waals surface area contributed by atoms with Crippen molar-refractivity contribution in [2.75, 3.05) is 5.32 Å². The van der Waals surface area contributed by atoms with Crippen LogP contribution in [0.4, 0.5) is 5.69 Å². The second kappa shape index (κ2) is 8.69. The van der Waals surface area contributed by atoms with E-state index < -0.39 is 0 Å². The standard InChI is InChI=1S/C24H19ClN2O2S/c1-15(16-8-3-2-4-9-16)26-23(28)17-10-7-11-18(14-17)27-24(29)22-21(25)19-12-5-6-13-20(19)30-22/h2-15H,1H3,(H,26,28)(H,27,29). The second-order valence-electron chi connectivity index (χ2n) is 6.88. The number of thiophene rings is 1. The third-order valence-electron chi connectivity index (χ3n) is 4.77. The average molecular weight is 435 g/mol. The van der Waals surface area contributed by atoms with Crippen molar-refractivity contribution in [2.24, 2.45) is 0 Å². The molecule has 4 rings (SSSR count). The molecule has 1 heterocycles. The number of carbonyl (C=O) groups is 2. The highest BCUT2D eigenvalue weighted by molar-refractivity contribution is 7.21. The van der Waals surface area contributed by atoms with Gasteiger partial charge in [-0.2, -0.15) is 0 Å². The van der Waals surface area contributed by atoms with Crippen LogP contribution in [0, 0.1) is 0 Å². The van der Waals surface area contributed by atoms with E-state index in [-0.39, 0.29) is 17.9 Å². The number of halogens is 1. The summed E-state index contributed by atoms with van der Waals surface area (Å²) in [7, 11) is 0. The number of carbonyl (C=O) groups excluding carboxylic acids is 2. The first-order chi connectivity index (χ1) is 14.5. The first-order valence-corrected chi connectivity index (χ1v) is 10.7. The number of hydrogen-bond donors (Lipinski definition) is 2. The van der Waals surface area contributed by atoms with Crippen LogP contribution in [0.2, 0.25) is 5.02 Å². The van der Waals surface area contributed by atoms with Gasteiger partial charge in [0.15, 0.2) is 0 Å². The lowest BCUT2D eigenvalue weighted by molar-refractivity contribution is 0.0938. The lowest BCUT2D eigenvalue weighted by Gasteiger charge is -2.15. The van der Waals surface area contributed by atoms with E-state index in [1.54, 1.807) is 24.3 Å². The van der Waals surface area contributed by atoms with Crippen molar-refractivity contribution >= 4 is 50.5 Å². The van der Waals surface area contributed by atoms with E-state index in [1.165, 1.54) is 11.3 Å². The lowest BCUT2D eigenvalue weighted by Crippen LogP contribution is -2.26. The van der Waals surface area contributed by atoms with Crippen LogP contribution in [0.25, 0.3) is 10.1 Å². The van der Waals surface area contributed by atoms with Gasteiger partial charge in [0, 0.05) is 21.3 Å². The first kappa shape index (κ1) is 20.1. The molecule has 4 nitrogen and oxygen atoms in total. The number of anilines is 1. The molecule has 1 atom stereocenters. The maximum atomic E-state index is 12.8. The number of fused-ring (bicyclic) bond motifs is 1. The SMILES string of the molecule is CC(NC(=O)c1cccc(NC(=O)c2sc3ccccc3c2Cl)c1)c1ccccc1. The summed E-state index contributed by atoms with van der Waals surface area (Å²) >= 11 is 7.75. The van der Waals surface area contributed by atoms with Gasteiger partial charge in [-0.15, -0.1) is 11.3 Å². The Hall–Kier alpha value is -3.15. The molecule has 0 aliphatic carbocycles. The largest absolute Gasteiger partial charge is 0.346 e. The molecule has 0 aliphatic heterocycles. The van der Waals surface area contributed by atoms with Gasteiger partial charge in [-0.3, -0.25) is 9.59 Å². The molecule has 6 heteroatoms. The topological polar surface area (TPSA) is 58.2 Å². The van der Waals surface area contributed by atoms with Gasteiger partial charge in [0.05, 0.1) is 11.1 Å². The summed E-state index contributed by atoms with van der Waals surface area (Å²) < 4.78 is 0.954. The number of benzene rings is 3. The molecule has 1 aromatic heterocycles. The fourth-order valence-corrected chi connectivity index (χ4v) is 4.60. The summed E-state index contributed by atoms with van der Waals surface area (Å²) in [4.78, 5) is 25.9. The van der Waals surface area contributed by atoms with Crippen molar-refractivity contribution in [1.29, 1.82) is 0 Å². The van der Waals surface area contributed by atoms with Gasteiger partial charge in [0.25, 0.3) is 11.8 Å². The van der Waals surface area contributed by atoms with Crippen LogP contribution in [0.5, 0.6) is 0 Å². The van der Waals surface area contributed by atoms with Crippen molar-refractivity contribution < 1.29 is 9.59 Å². The first-order valence-electron chi connectivity index (χ1n) is 9.47. The van der Waals surface area contributed by atoms with Crippen LogP contribution in [0.15, 0.2) is 78.9 Å². The Morgan fingerprint density at radius 2 is 1.63 bits per heavy atom. The second-order valence-corrected chi connectivity index (χ2v) is 8.31. The van der Waals surface area contributed by atoms with Crippen molar-refractivity contribution in [2.45, 2.75) is 13.0 Å². The zero-order chi connectivity index (χ0) is 21.1. The highest BCUT2D eigenvalue weighted by Gasteiger charge is 2.18. The molecular formula is C24H19ClN2O2S. The minimum atomic E-state index is -0.295. The van der Waals surface area contributed by atoms with E-state index in [9.17, 15) is 9.59 Å². The molecule has 1 unspecified atom stereocenters. The molecule has 30 heavy (non-hydrogen) atoms. The minimum Gasteiger partial charge on any atom is -0.346 e. The van der Waals surface area contributed by atoms with E-state index in [2.05, 4.69) is 10.6 Å². The molecule has 0 saturated heterocycles. The maximum absolute atomic E-state index is 12.8. The third-order valence-corrected chi connectivity index (χ3v) is 6.45. The molecule has 3 aromatic carbocycles. The Balaban J connectivity index is 1.49. The Bertz CT molecular complexity index is 1220. The normalized spacial score (nSPS) is 11.8. The predicted octanol–water partition coefficient (Wildman–Crippen LogP) is 6.30. The van der Waals surface area contributed by atoms with Crippen molar-refractivity contribution in [3.63, 3.8) is 0 Å². The van der Waals surface area contributed by atoms with Crippen LogP contribution in [0.1, 0.15) is 38.6 Å². The Morgan fingerprint density at radius 1 is 0.900 bits per heavy atom. The molecule has 0 saturated carbocycles. The fraction of sp³-hybridized carbons (Fsp3) is 0.0833. The Morgan fingerprint density at radius 3 is 2.40 bits per heavy atom. The summed E-state index contributed by atoms with van der Waals surface area (Å²) in [6.45, 7) is 1.93. The van der Waals surface area contributed by atoms with Gasteiger partial charge in [-0.05, 0) is 36.8 Å². The Kier molecular flexibility index (Phi) is 5.84.